The molecule has 0 bridgehead atoms. The van der Waals surface area contributed by atoms with Gasteiger partial charge in [-0.3, -0.25) is 4.79 Å². The Balaban J connectivity index is 2.11. The van der Waals surface area contributed by atoms with Crippen molar-refractivity contribution in [3.05, 3.63) is 94.6 Å². The standard InChI is InChI=1S/C29H31NO3/c1-19-9-7-8-10-23(19)24-17-22(18-25(29(2,3)4)27(24)30(5)6)26(31)16-13-20-11-14-21(15-12-20)28(32)33/h7-18H,1-6H3,(H,32,33). The summed E-state index contributed by atoms with van der Waals surface area (Å²) in [6.45, 7) is 8.56. The maximum atomic E-state index is 13.2. The molecular weight excluding hydrogens is 410 g/mol. The minimum atomic E-state index is -0.971. The van der Waals surface area contributed by atoms with E-state index < -0.39 is 5.97 Å². The van der Waals surface area contributed by atoms with Crippen LogP contribution in [-0.4, -0.2) is 31.0 Å². The fourth-order valence-corrected chi connectivity index (χ4v) is 3.92. The van der Waals surface area contributed by atoms with Crippen LogP contribution in [0.3, 0.4) is 0 Å². The molecule has 0 aromatic heterocycles. The maximum absolute atomic E-state index is 13.2. The molecule has 33 heavy (non-hydrogen) atoms. The minimum Gasteiger partial charge on any atom is -0.478 e. The first-order chi connectivity index (χ1) is 15.5. The molecule has 0 unspecified atom stereocenters. The highest BCUT2D eigenvalue weighted by Gasteiger charge is 2.25. The third-order valence-corrected chi connectivity index (χ3v) is 5.67. The van der Waals surface area contributed by atoms with Crippen molar-refractivity contribution in [1.82, 2.24) is 0 Å². The molecule has 0 aliphatic rings. The average molecular weight is 442 g/mol. The molecule has 0 aliphatic carbocycles. The number of benzene rings is 3. The van der Waals surface area contributed by atoms with Crippen LogP contribution in [0.2, 0.25) is 0 Å². The number of carbonyl (C=O) groups excluding carboxylic acids is 1. The van der Waals surface area contributed by atoms with Gasteiger partial charge in [0.25, 0.3) is 0 Å². The first kappa shape index (κ1) is 24.0. The maximum Gasteiger partial charge on any atom is 0.335 e. The molecule has 0 atom stereocenters. The van der Waals surface area contributed by atoms with E-state index in [1.807, 2.05) is 38.4 Å². The molecule has 0 saturated carbocycles. The molecule has 0 spiro atoms. The van der Waals surface area contributed by atoms with E-state index in [0.29, 0.717) is 5.56 Å². The summed E-state index contributed by atoms with van der Waals surface area (Å²) in [4.78, 5) is 26.4. The predicted octanol–water partition coefficient (Wildman–Crippen LogP) is 6.62. The molecular formula is C29H31NO3. The number of aryl methyl sites for hydroxylation is 1. The van der Waals surface area contributed by atoms with Crippen molar-refractivity contribution >= 4 is 23.5 Å². The second-order valence-electron chi connectivity index (χ2n) is 9.50. The zero-order valence-corrected chi connectivity index (χ0v) is 20.1. The van der Waals surface area contributed by atoms with Gasteiger partial charge in [-0.25, -0.2) is 4.79 Å². The Morgan fingerprint density at radius 3 is 2.06 bits per heavy atom. The van der Waals surface area contributed by atoms with Gasteiger partial charge < -0.3 is 10.0 Å². The van der Waals surface area contributed by atoms with E-state index in [1.165, 1.54) is 12.1 Å². The molecule has 3 aromatic carbocycles. The van der Waals surface area contributed by atoms with Gasteiger partial charge in [-0.15, -0.1) is 0 Å². The zero-order chi connectivity index (χ0) is 24.3. The summed E-state index contributed by atoms with van der Waals surface area (Å²) >= 11 is 0. The molecule has 0 fully saturated rings. The fraction of sp³-hybridized carbons (Fsp3) is 0.241. The van der Waals surface area contributed by atoms with Crippen molar-refractivity contribution in [3.63, 3.8) is 0 Å². The van der Waals surface area contributed by atoms with E-state index in [9.17, 15) is 9.59 Å². The van der Waals surface area contributed by atoms with Crippen LogP contribution < -0.4 is 4.90 Å². The molecule has 0 amide bonds. The van der Waals surface area contributed by atoms with E-state index in [0.717, 1.165) is 33.5 Å². The molecule has 4 nitrogen and oxygen atoms in total. The smallest absolute Gasteiger partial charge is 0.335 e. The molecule has 0 heterocycles. The number of nitrogens with zero attached hydrogens (tertiary/aromatic N) is 1. The molecule has 4 heteroatoms. The average Bonchev–Trinajstić information content (AvgIpc) is 2.76. The number of hydrogen-bond acceptors (Lipinski definition) is 3. The lowest BCUT2D eigenvalue weighted by Crippen LogP contribution is -2.21. The fourth-order valence-electron chi connectivity index (χ4n) is 3.92. The highest BCUT2D eigenvalue weighted by atomic mass is 16.4. The molecule has 1 N–H and O–H groups in total. The second-order valence-corrected chi connectivity index (χ2v) is 9.50. The van der Waals surface area contributed by atoms with Gasteiger partial charge in [0.15, 0.2) is 5.78 Å². The molecule has 0 radical (unpaired) electrons. The summed E-state index contributed by atoms with van der Waals surface area (Å²) in [5, 5.41) is 9.06. The van der Waals surface area contributed by atoms with E-state index >= 15 is 0 Å². The monoisotopic (exact) mass is 441 g/mol. The Kier molecular flexibility index (Phi) is 6.87. The number of aromatic carboxylic acids is 1. The first-order valence-corrected chi connectivity index (χ1v) is 11.0. The van der Waals surface area contributed by atoms with Crippen LogP contribution in [0.4, 0.5) is 5.69 Å². The van der Waals surface area contributed by atoms with Crippen LogP contribution >= 0.6 is 0 Å². The number of allylic oxidation sites excluding steroid dienone is 1. The van der Waals surface area contributed by atoms with Crippen molar-refractivity contribution in [2.24, 2.45) is 0 Å². The van der Waals surface area contributed by atoms with Crippen LogP contribution in [-0.2, 0) is 5.41 Å². The third kappa shape index (κ3) is 5.40. The van der Waals surface area contributed by atoms with Crippen molar-refractivity contribution in [2.45, 2.75) is 33.1 Å². The summed E-state index contributed by atoms with van der Waals surface area (Å²) in [5.74, 6) is -1.07. The Bertz CT molecular complexity index is 1210. The molecule has 0 aliphatic heterocycles. The van der Waals surface area contributed by atoms with Gasteiger partial charge in [0.05, 0.1) is 5.56 Å². The number of carboxylic acids is 1. The SMILES string of the molecule is Cc1ccccc1-c1cc(C(=O)C=Cc2ccc(C(=O)O)cc2)cc(C(C)(C)C)c1N(C)C. The second kappa shape index (κ2) is 9.45. The quantitative estimate of drug-likeness (QED) is 0.345. The zero-order valence-electron chi connectivity index (χ0n) is 20.1. The van der Waals surface area contributed by atoms with E-state index in [-0.39, 0.29) is 16.8 Å². The normalized spacial score (nSPS) is 11.6. The minimum absolute atomic E-state index is 0.0945. The van der Waals surface area contributed by atoms with Crippen molar-refractivity contribution in [2.75, 3.05) is 19.0 Å². The highest BCUT2D eigenvalue weighted by Crippen LogP contribution is 2.41. The molecule has 3 aromatic rings. The molecule has 0 saturated heterocycles. The van der Waals surface area contributed by atoms with Crippen molar-refractivity contribution < 1.29 is 14.7 Å². The Morgan fingerprint density at radius 1 is 0.879 bits per heavy atom. The number of anilines is 1. The Morgan fingerprint density at radius 2 is 1.52 bits per heavy atom. The summed E-state index contributed by atoms with van der Waals surface area (Å²) in [6.07, 6.45) is 3.27. The lowest BCUT2D eigenvalue weighted by atomic mass is 9.81. The lowest BCUT2D eigenvalue weighted by Gasteiger charge is -2.30. The van der Waals surface area contributed by atoms with Gasteiger partial charge in [0.2, 0.25) is 0 Å². The van der Waals surface area contributed by atoms with Gasteiger partial charge in [-0.2, -0.15) is 0 Å². The largest absolute Gasteiger partial charge is 0.478 e. The predicted molar refractivity (Wildman–Crippen MR) is 136 cm³/mol. The summed E-state index contributed by atoms with van der Waals surface area (Å²) in [6, 6.07) is 18.7. The topological polar surface area (TPSA) is 57.6 Å². The molecule has 170 valence electrons. The first-order valence-electron chi connectivity index (χ1n) is 11.0. The van der Waals surface area contributed by atoms with Gasteiger partial charge in [-0.05, 0) is 64.9 Å². The van der Waals surface area contributed by atoms with Crippen molar-refractivity contribution in [1.29, 1.82) is 0 Å². The lowest BCUT2D eigenvalue weighted by molar-refractivity contribution is 0.0696. The molecule has 3 rings (SSSR count). The number of carboxylic acid groups (broad SMARTS) is 1. The number of carbonyl (C=O) groups is 2. The van der Waals surface area contributed by atoms with Crippen LogP contribution in [0.1, 0.15) is 58.2 Å². The van der Waals surface area contributed by atoms with Crippen LogP contribution in [0.15, 0.2) is 66.7 Å². The Labute approximate surface area is 196 Å². The highest BCUT2D eigenvalue weighted by molar-refractivity contribution is 6.08. The summed E-state index contributed by atoms with van der Waals surface area (Å²) < 4.78 is 0. The van der Waals surface area contributed by atoms with Gasteiger partial charge in [0.1, 0.15) is 0 Å². The van der Waals surface area contributed by atoms with Crippen LogP contribution in [0.5, 0.6) is 0 Å². The van der Waals surface area contributed by atoms with E-state index in [1.54, 1.807) is 24.3 Å². The van der Waals surface area contributed by atoms with Crippen molar-refractivity contribution in [3.8, 4) is 11.1 Å². The summed E-state index contributed by atoms with van der Waals surface area (Å²) in [7, 11) is 4.07. The number of ketones is 1. The van der Waals surface area contributed by atoms with Gasteiger partial charge in [0, 0.05) is 30.9 Å². The van der Waals surface area contributed by atoms with Crippen LogP contribution in [0, 0.1) is 6.92 Å². The van der Waals surface area contributed by atoms with Crippen LogP contribution in [0.25, 0.3) is 17.2 Å². The number of rotatable bonds is 6. The van der Waals surface area contributed by atoms with E-state index in [2.05, 4.69) is 44.7 Å². The summed E-state index contributed by atoms with van der Waals surface area (Å²) in [5.41, 5.74) is 6.97. The van der Waals surface area contributed by atoms with E-state index in [4.69, 9.17) is 5.11 Å². The van der Waals surface area contributed by atoms with Gasteiger partial charge in [-0.1, -0.05) is 63.2 Å². The number of hydrogen-bond donors (Lipinski definition) is 1. The Hall–Kier alpha value is -3.66. The third-order valence-electron chi connectivity index (χ3n) is 5.67. The van der Waals surface area contributed by atoms with Gasteiger partial charge >= 0.3 is 5.97 Å².